The van der Waals surface area contributed by atoms with Gasteiger partial charge in [0.1, 0.15) is 10.8 Å². The summed E-state index contributed by atoms with van der Waals surface area (Å²) in [5, 5.41) is 3.25. The first kappa shape index (κ1) is 18.0. The Labute approximate surface area is 145 Å². The molecular weight excluding hydrogens is 326 g/mol. The summed E-state index contributed by atoms with van der Waals surface area (Å²) in [5.41, 5.74) is 2.30. The number of anilines is 1. The molecule has 2 rings (SSSR count). The van der Waals surface area contributed by atoms with Gasteiger partial charge in [-0.15, -0.1) is 11.3 Å². The third-order valence-electron chi connectivity index (χ3n) is 3.48. The predicted molar refractivity (Wildman–Crippen MR) is 95.1 cm³/mol. The van der Waals surface area contributed by atoms with Crippen LogP contribution in [0, 0.1) is 20.8 Å². The molecule has 24 heavy (non-hydrogen) atoms. The van der Waals surface area contributed by atoms with Crippen molar-refractivity contribution >= 4 is 28.2 Å². The summed E-state index contributed by atoms with van der Waals surface area (Å²) in [7, 11) is 0. The van der Waals surface area contributed by atoms with E-state index in [2.05, 4.69) is 5.32 Å². The summed E-state index contributed by atoms with van der Waals surface area (Å²) in [6.45, 7) is 7.62. The van der Waals surface area contributed by atoms with Crippen LogP contribution in [0.5, 0.6) is 5.75 Å². The predicted octanol–water partition coefficient (Wildman–Crippen LogP) is 3.87. The molecule has 2 aromatic rings. The van der Waals surface area contributed by atoms with Crippen molar-refractivity contribution in [3.8, 4) is 5.75 Å². The lowest BCUT2D eigenvalue weighted by Crippen LogP contribution is -2.21. The molecule has 1 heterocycles. The maximum atomic E-state index is 12.1. The van der Waals surface area contributed by atoms with Crippen LogP contribution in [0.1, 0.15) is 33.3 Å². The fraction of sp³-hybridized carbons (Fsp3) is 0.333. The first-order valence-corrected chi connectivity index (χ1v) is 8.50. The van der Waals surface area contributed by atoms with Gasteiger partial charge in [-0.2, -0.15) is 0 Å². The summed E-state index contributed by atoms with van der Waals surface area (Å²) in [6, 6.07) is 7.48. The molecule has 0 bridgehead atoms. The van der Waals surface area contributed by atoms with Crippen LogP contribution in [0.2, 0.25) is 0 Å². The maximum Gasteiger partial charge on any atom is 0.341 e. The van der Waals surface area contributed by atoms with E-state index in [9.17, 15) is 9.59 Å². The third kappa shape index (κ3) is 4.35. The minimum atomic E-state index is -0.422. The second-order valence-electron chi connectivity index (χ2n) is 5.36. The number of nitrogens with one attached hydrogen (secondary N) is 1. The standard InChI is InChI=1S/C18H21NO4S/c1-5-22-18(21)16-12(3)13(4)24-17(16)19-15(20)10-23-14-8-6-7-11(2)9-14/h6-9H,5,10H2,1-4H3,(H,19,20). The number of benzene rings is 1. The number of aryl methyl sites for hydroxylation is 2. The zero-order chi connectivity index (χ0) is 17.7. The summed E-state index contributed by atoms with van der Waals surface area (Å²) in [6.07, 6.45) is 0. The number of amides is 1. The van der Waals surface area contributed by atoms with Gasteiger partial charge in [-0.05, 0) is 51.0 Å². The molecule has 0 radical (unpaired) electrons. The van der Waals surface area contributed by atoms with Gasteiger partial charge in [-0.3, -0.25) is 4.79 Å². The van der Waals surface area contributed by atoms with E-state index in [0.29, 0.717) is 16.3 Å². The van der Waals surface area contributed by atoms with Crippen LogP contribution < -0.4 is 10.1 Å². The molecule has 0 unspecified atom stereocenters. The molecule has 6 heteroatoms. The molecule has 1 amide bonds. The Balaban J connectivity index is 2.06. The number of esters is 1. The van der Waals surface area contributed by atoms with Gasteiger partial charge in [0.15, 0.2) is 6.61 Å². The topological polar surface area (TPSA) is 64.6 Å². The van der Waals surface area contributed by atoms with Crippen molar-refractivity contribution in [2.75, 3.05) is 18.5 Å². The molecule has 0 aliphatic rings. The fourth-order valence-electron chi connectivity index (χ4n) is 2.18. The Morgan fingerprint density at radius 3 is 2.62 bits per heavy atom. The van der Waals surface area contributed by atoms with Gasteiger partial charge in [-0.25, -0.2) is 4.79 Å². The number of carbonyl (C=O) groups excluding carboxylic acids is 2. The maximum absolute atomic E-state index is 12.1. The van der Waals surface area contributed by atoms with Crippen molar-refractivity contribution in [1.29, 1.82) is 0 Å². The lowest BCUT2D eigenvalue weighted by molar-refractivity contribution is -0.118. The van der Waals surface area contributed by atoms with Crippen LogP contribution in [-0.2, 0) is 9.53 Å². The molecule has 0 aliphatic carbocycles. The van der Waals surface area contributed by atoms with E-state index in [1.165, 1.54) is 11.3 Å². The highest BCUT2D eigenvalue weighted by Crippen LogP contribution is 2.33. The summed E-state index contributed by atoms with van der Waals surface area (Å²) in [5.74, 6) is -0.105. The van der Waals surface area contributed by atoms with Crippen LogP contribution in [0.4, 0.5) is 5.00 Å². The normalized spacial score (nSPS) is 10.3. The highest BCUT2D eigenvalue weighted by molar-refractivity contribution is 7.16. The van der Waals surface area contributed by atoms with E-state index in [1.807, 2.05) is 39.0 Å². The van der Waals surface area contributed by atoms with E-state index >= 15 is 0 Å². The van der Waals surface area contributed by atoms with Gasteiger partial charge in [0.25, 0.3) is 5.91 Å². The number of hydrogen-bond donors (Lipinski definition) is 1. The Morgan fingerprint density at radius 2 is 1.96 bits per heavy atom. The molecule has 0 spiro atoms. The number of ether oxygens (including phenoxy) is 2. The average Bonchev–Trinajstić information content (AvgIpc) is 2.80. The van der Waals surface area contributed by atoms with Crippen LogP contribution in [0.15, 0.2) is 24.3 Å². The van der Waals surface area contributed by atoms with Crippen LogP contribution in [-0.4, -0.2) is 25.1 Å². The molecule has 0 atom stereocenters. The molecule has 5 nitrogen and oxygen atoms in total. The fourth-order valence-corrected chi connectivity index (χ4v) is 3.25. The number of carbonyl (C=O) groups is 2. The van der Waals surface area contributed by atoms with Crippen LogP contribution in [0.25, 0.3) is 0 Å². The zero-order valence-electron chi connectivity index (χ0n) is 14.3. The van der Waals surface area contributed by atoms with Crippen molar-refractivity contribution in [2.24, 2.45) is 0 Å². The second-order valence-corrected chi connectivity index (χ2v) is 6.59. The highest BCUT2D eigenvalue weighted by Gasteiger charge is 2.22. The van der Waals surface area contributed by atoms with E-state index in [1.54, 1.807) is 13.0 Å². The monoisotopic (exact) mass is 347 g/mol. The van der Waals surface area contributed by atoms with Gasteiger partial charge in [0.2, 0.25) is 0 Å². The first-order chi connectivity index (χ1) is 11.4. The lowest BCUT2D eigenvalue weighted by atomic mass is 10.1. The Kier molecular flexibility index (Phi) is 5.98. The third-order valence-corrected chi connectivity index (χ3v) is 4.60. The van der Waals surface area contributed by atoms with Gasteiger partial charge < -0.3 is 14.8 Å². The quantitative estimate of drug-likeness (QED) is 0.806. The smallest absolute Gasteiger partial charge is 0.341 e. The SMILES string of the molecule is CCOC(=O)c1c(NC(=O)COc2cccc(C)c2)sc(C)c1C. The highest BCUT2D eigenvalue weighted by atomic mass is 32.1. The van der Waals surface area contributed by atoms with E-state index < -0.39 is 5.97 Å². The van der Waals surface area contributed by atoms with Gasteiger partial charge >= 0.3 is 5.97 Å². The van der Waals surface area contributed by atoms with Crippen molar-refractivity contribution in [1.82, 2.24) is 0 Å². The van der Waals surface area contributed by atoms with Gasteiger partial charge in [0, 0.05) is 4.88 Å². The Morgan fingerprint density at radius 1 is 1.21 bits per heavy atom. The zero-order valence-corrected chi connectivity index (χ0v) is 15.1. The van der Waals surface area contributed by atoms with Crippen molar-refractivity contribution in [3.63, 3.8) is 0 Å². The van der Waals surface area contributed by atoms with Crippen molar-refractivity contribution < 1.29 is 19.1 Å². The average molecular weight is 347 g/mol. The molecule has 0 saturated carbocycles. The molecule has 1 N–H and O–H groups in total. The van der Waals surface area contributed by atoms with E-state index in [-0.39, 0.29) is 19.1 Å². The lowest BCUT2D eigenvalue weighted by Gasteiger charge is -2.09. The van der Waals surface area contributed by atoms with Crippen LogP contribution in [0.3, 0.4) is 0 Å². The molecule has 1 aromatic carbocycles. The van der Waals surface area contributed by atoms with Gasteiger partial charge in [-0.1, -0.05) is 12.1 Å². The summed E-state index contributed by atoms with van der Waals surface area (Å²) in [4.78, 5) is 25.2. The van der Waals surface area contributed by atoms with Crippen LogP contribution >= 0.6 is 11.3 Å². The van der Waals surface area contributed by atoms with Gasteiger partial charge in [0.05, 0.1) is 12.2 Å². The molecule has 1 aromatic heterocycles. The largest absolute Gasteiger partial charge is 0.484 e. The molecule has 0 saturated heterocycles. The first-order valence-electron chi connectivity index (χ1n) is 7.68. The minimum absolute atomic E-state index is 0.123. The number of rotatable bonds is 6. The van der Waals surface area contributed by atoms with E-state index in [4.69, 9.17) is 9.47 Å². The Bertz CT molecular complexity index is 751. The molecule has 0 fully saturated rings. The second kappa shape index (κ2) is 7.97. The molecule has 0 aliphatic heterocycles. The van der Waals surface area contributed by atoms with E-state index in [0.717, 1.165) is 16.0 Å². The van der Waals surface area contributed by atoms with Crippen molar-refractivity contribution in [3.05, 3.63) is 45.8 Å². The number of hydrogen-bond acceptors (Lipinski definition) is 5. The summed E-state index contributed by atoms with van der Waals surface area (Å²) >= 11 is 1.36. The van der Waals surface area contributed by atoms with Crippen molar-refractivity contribution in [2.45, 2.75) is 27.7 Å². The minimum Gasteiger partial charge on any atom is -0.484 e. The Hall–Kier alpha value is -2.34. The molecule has 128 valence electrons. The molecular formula is C18H21NO4S. The number of thiophene rings is 1. The summed E-state index contributed by atoms with van der Waals surface area (Å²) < 4.78 is 10.6.